The summed E-state index contributed by atoms with van der Waals surface area (Å²) in [6.45, 7) is 4.44. The van der Waals surface area contributed by atoms with Gasteiger partial charge in [0.25, 0.3) is 5.56 Å². The van der Waals surface area contributed by atoms with E-state index >= 15 is 0 Å². The number of benzene rings is 1. The number of unbranched alkanes of at least 4 members (excludes halogenated alkanes) is 1. The molecule has 142 valence electrons. The van der Waals surface area contributed by atoms with Crippen LogP contribution in [0.3, 0.4) is 0 Å². The van der Waals surface area contributed by atoms with Crippen LogP contribution in [0.5, 0.6) is 0 Å². The molecular formula is C20H22N2O4S. The van der Waals surface area contributed by atoms with Gasteiger partial charge in [0.05, 0.1) is 23.8 Å². The minimum atomic E-state index is -0.420. The van der Waals surface area contributed by atoms with Crippen molar-refractivity contribution in [3.8, 4) is 0 Å². The highest BCUT2D eigenvalue weighted by Gasteiger charge is 2.17. The van der Waals surface area contributed by atoms with E-state index in [1.54, 1.807) is 23.6 Å². The molecule has 0 bridgehead atoms. The summed E-state index contributed by atoms with van der Waals surface area (Å²) in [6.07, 6.45) is 1.89. The van der Waals surface area contributed by atoms with Gasteiger partial charge < -0.3 is 9.15 Å². The number of esters is 1. The summed E-state index contributed by atoms with van der Waals surface area (Å²) in [4.78, 5) is 29.3. The quantitative estimate of drug-likeness (QED) is 0.345. The van der Waals surface area contributed by atoms with E-state index in [1.807, 2.05) is 18.2 Å². The van der Waals surface area contributed by atoms with Gasteiger partial charge in [-0.25, -0.2) is 9.78 Å². The van der Waals surface area contributed by atoms with Crippen LogP contribution < -0.4 is 5.56 Å². The largest absolute Gasteiger partial charge is 0.465 e. The van der Waals surface area contributed by atoms with Crippen molar-refractivity contribution in [2.75, 3.05) is 7.11 Å². The minimum absolute atomic E-state index is 0.0255. The highest BCUT2D eigenvalue weighted by atomic mass is 32.2. The zero-order chi connectivity index (χ0) is 19.4. The molecule has 0 aliphatic rings. The summed E-state index contributed by atoms with van der Waals surface area (Å²) in [5, 5.41) is 1.28. The number of aromatic nitrogens is 2. The van der Waals surface area contributed by atoms with E-state index in [0.717, 1.165) is 12.8 Å². The smallest absolute Gasteiger partial charge is 0.341 e. The van der Waals surface area contributed by atoms with Gasteiger partial charge in [-0.1, -0.05) is 37.2 Å². The Morgan fingerprint density at radius 2 is 2.11 bits per heavy atom. The maximum absolute atomic E-state index is 12.9. The van der Waals surface area contributed by atoms with Crippen LogP contribution in [0.1, 0.15) is 41.6 Å². The van der Waals surface area contributed by atoms with Crippen molar-refractivity contribution >= 4 is 28.6 Å². The summed E-state index contributed by atoms with van der Waals surface area (Å²) < 4.78 is 12.1. The number of hydrogen-bond acceptors (Lipinski definition) is 6. The standard InChI is InChI=1S/C20H22N2O4S/c1-4-5-10-22-18(23)15-8-6-7-9-17(15)21-20(22)27-12-14-11-16(13(2)26-14)19(24)25-3/h6-9,11H,4-5,10,12H2,1-3H3. The number of hydrogen-bond donors (Lipinski definition) is 0. The number of nitrogens with zero attached hydrogens (tertiary/aromatic N) is 2. The van der Waals surface area contributed by atoms with Gasteiger partial charge in [-0.05, 0) is 31.5 Å². The number of aryl methyl sites for hydroxylation is 1. The number of ether oxygens (including phenoxy) is 1. The van der Waals surface area contributed by atoms with E-state index in [4.69, 9.17) is 9.15 Å². The Morgan fingerprint density at radius 3 is 2.85 bits per heavy atom. The topological polar surface area (TPSA) is 74.3 Å². The number of fused-ring (bicyclic) bond motifs is 1. The molecule has 0 unspecified atom stereocenters. The number of carbonyl (C=O) groups excluding carboxylic acids is 1. The van der Waals surface area contributed by atoms with E-state index < -0.39 is 5.97 Å². The van der Waals surface area contributed by atoms with Crippen LogP contribution in [0.2, 0.25) is 0 Å². The van der Waals surface area contributed by atoms with Crippen molar-refractivity contribution in [2.24, 2.45) is 0 Å². The second-order valence-electron chi connectivity index (χ2n) is 6.18. The third kappa shape index (κ3) is 4.08. The Hall–Kier alpha value is -2.54. The lowest BCUT2D eigenvalue weighted by molar-refractivity contribution is 0.0599. The third-order valence-electron chi connectivity index (χ3n) is 4.28. The molecule has 0 amide bonds. The Labute approximate surface area is 161 Å². The molecule has 0 aliphatic heterocycles. The Morgan fingerprint density at radius 1 is 1.33 bits per heavy atom. The fraction of sp³-hybridized carbons (Fsp3) is 0.350. The second kappa shape index (κ2) is 8.43. The van der Waals surface area contributed by atoms with Gasteiger partial charge in [0.2, 0.25) is 0 Å². The molecule has 3 rings (SSSR count). The Bertz CT molecular complexity index is 1020. The number of thioether (sulfide) groups is 1. The Balaban J connectivity index is 1.92. The summed E-state index contributed by atoms with van der Waals surface area (Å²) in [6, 6.07) is 9.06. The SMILES string of the molecule is CCCCn1c(SCc2cc(C(=O)OC)c(C)o2)nc2ccccc2c1=O. The first-order valence-electron chi connectivity index (χ1n) is 8.85. The van der Waals surface area contributed by atoms with Crippen LogP contribution in [-0.4, -0.2) is 22.6 Å². The summed E-state index contributed by atoms with van der Waals surface area (Å²) >= 11 is 1.43. The van der Waals surface area contributed by atoms with Crippen LogP contribution in [0.25, 0.3) is 10.9 Å². The van der Waals surface area contributed by atoms with Crippen molar-refractivity contribution in [1.29, 1.82) is 0 Å². The number of furan rings is 1. The lowest BCUT2D eigenvalue weighted by Crippen LogP contribution is -2.23. The van der Waals surface area contributed by atoms with Gasteiger partial charge in [-0.2, -0.15) is 0 Å². The van der Waals surface area contributed by atoms with Gasteiger partial charge in [0.15, 0.2) is 5.16 Å². The van der Waals surface area contributed by atoms with Crippen LogP contribution in [0.4, 0.5) is 0 Å². The molecule has 0 radical (unpaired) electrons. The van der Waals surface area contributed by atoms with Crippen molar-refractivity contribution in [2.45, 2.75) is 44.1 Å². The average Bonchev–Trinajstić information content (AvgIpc) is 3.06. The number of rotatable bonds is 7. The molecule has 0 atom stereocenters. The zero-order valence-corrected chi connectivity index (χ0v) is 16.5. The molecule has 0 fully saturated rings. The molecule has 7 heteroatoms. The molecular weight excluding hydrogens is 364 g/mol. The first-order chi connectivity index (χ1) is 13.0. The number of methoxy groups -OCH3 is 1. The first kappa shape index (κ1) is 19.2. The van der Waals surface area contributed by atoms with E-state index in [2.05, 4.69) is 11.9 Å². The Kier molecular flexibility index (Phi) is 6.01. The van der Waals surface area contributed by atoms with Crippen molar-refractivity contribution in [3.63, 3.8) is 0 Å². The molecule has 6 nitrogen and oxygen atoms in total. The molecule has 0 N–H and O–H groups in total. The number of carbonyl (C=O) groups is 1. The van der Waals surface area contributed by atoms with Gasteiger partial charge in [0.1, 0.15) is 17.1 Å². The van der Waals surface area contributed by atoms with Gasteiger partial charge in [0, 0.05) is 6.54 Å². The van der Waals surface area contributed by atoms with Crippen molar-refractivity contribution < 1.29 is 13.9 Å². The maximum atomic E-state index is 12.9. The predicted molar refractivity (Wildman–Crippen MR) is 105 cm³/mol. The maximum Gasteiger partial charge on any atom is 0.341 e. The summed E-state index contributed by atoms with van der Waals surface area (Å²) in [5.41, 5.74) is 1.08. The first-order valence-corrected chi connectivity index (χ1v) is 9.83. The average molecular weight is 386 g/mol. The van der Waals surface area contributed by atoms with Crippen LogP contribution in [0, 0.1) is 6.92 Å². The lowest BCUT2D eigenvalue weighted by atomic mass is 10.2. The van der Waals surface area contributed by atoms with Crippen molar-refractivity contribution in [1.82, 2.24) is 9.55 Å². The predicted octanol–water partition coefficient (Wildman–Crippen LogP) is 4.18. The van der Waals surface area contributed by atoms with E-state index in [0.29, 0.717) is 45.4 Å². The van der Waals surface area contributed by atoms with Gasteiger partial charge in [-0.3, -0.25) is 9.36 Å². The highest BCUT2D eigenvalue weighted by molar-refractivity contribution is 7.98. The molecule has 0 saturated carbocycles. The zero-order valence-electron chi connectivity index (χ0n) is 15.7. The second-order valence-corrected chi connectivity index (χ2v) is 7.13. The molecule has 0 spiro atoms. The fourth-order valence-electron chi connectivity index (χ4n) is 2.83. The molecule has 3 aromatic rings. The van der Waals surface area contributed by atoms with Crippen molar-refractivity contribution in [3.05, 3.63) is 57.8 Å². The summed E-state index contributed by atoms with van der Waals surface area (Å²) in [7, 11) is 1.34. The molecule has 0 saturated heterocycles. The molecule has 27 heavy (non-hydrogen) atoms. The molecule has 1 aromatic carbocycles. The van der Waals surface area contributed by atoms with Gasteiger partial charge in [-0.15, -0.1) is 0 Å². The van der Waals surface area contributed by atoms with Gasteiger partial charge >= 0.3 is 5.97 Å². The monoisotopic (exact) mass is 386 g/mol. The van der Waals surface area contributed by atoms with E-state index in [-0.39, 0.29) is 5.56 Å². The number of para-hydroxylation sites is 1. The molecule has 2 aromatic heterocycles. The fourth-order valence-corrected chi connectivity index (χ4v) is 3.74. The van der Waals surface area contributed by atoms with Crippen LogP contribution in [0.15, 0.2) is 44.7 Å². The molecule has 0 aliphatic carbocycles. The summed E-state index contributed by atoms with van der Waals surface area (Å²) in [5.74, 6) is 1.21. The lowest BCUT2D eigenvalue weighted by Gasteiger charge is -2.12. The van der Waals surface area contributed by atoms with Crippen LogP contribution in [-0.2, 0) is 17.0 Å². The van der Waals surface area contributed by atoms with Crippen LogP contribution >= 0.6 is 11.8 Å². The van der Waals surface area contributed by atoms with E-state index in [9.17, 15) is 9.59 Å². The molecule has 2 heterocycles. The third-order valence-corrected chi connectivity index (χ3v) is 5.28. The normalized spacial score (nSPS) is 11.1. The minimum Gasteiger partial charge on any atom is -0.465 e. The highest BCUT2D eigenvalue weighted by Crippen LogP contribution is 2.25. The van der Waals surface area contributed by atoms with E-state index in [1.165, 1.54) is 18.9 Å².